The summed E-state index contributed by atoms with van der Waals surface area (Å²) in [6.07, 6.45) is 8.46. The molecule has 41 heavy (non-hydrogen) atoms. The molecular formula is C33H43ClN2O5. The summed E-state index contributed by atoms with van der Waals surface area (Å²) in [6, 6.07) is 15.8. The first-order chi connectivity index (χ1) is 19.7. The number of aromatic nitrogens is 1. The fourth-order valence-electron chi connectivity index (χ4n) is 5.49. The van der Waals surface area contributed by atoms with Gasteiger partial charge in [0.2, 0.25) is 5.88 Å². The maximum absolute atomic E-state index is 12.7. The van der Waals surface area contributed by atoms with Crippen molar-refractivity contribution in [2.24, 2.45) is 0 Å². The van der Waals surface area contributed by atoms with E-state index < -0.39 is 5.60 Å². The highest BCUT2D eigenvalue weighted by Gasteiger charge is 2.34. The lowest BCUT2D eigenvalue weighted by Gasteiger charge is -2.38. The van der Waals surface area contributed by atoms with Crippen LogP contribution in [0, 0.1) is 0 Å². The number of alkyl carbamates (subject to hydrolysis) is 1. The van der Waals surface area contributed by atoms with Crippen LogP contribution >= 0.6 is 11.6 Å². The lowest BCUT2D eigenvalue weighted by Crippen LogP contribution is -2.51. The molecule has 7 nitrogen and oxygen atoms in total. The third kappa shape index (κ3) is 9.23. The summed E-state index contributed by atoms with van der Waals surface area (Å²) in [5.41, 5.74) is 0.225. The molecule has 4 rings (SSSR count). The van der Waals surface area contributed by atoms with Crippen molar-refractivity contribution < 1.29 is 23.7 Å². The van der Waals surface area contributed by atoms with Crippen molar-refractivity contribution in [3.63, 3.8) is 0 Å². The van der Waals surface area contributed by atoms with E-state index in [1.54, 1.807) is 13.3 Å². The number of hydrogen-bond donors (Lipinski definition) is 1. The zero-order valence-corrected chi connectivity index (χ0v) is 25.5. The topological polar surface area (TPSA) is 78.9 Å². The van der Waals surface area contributed by atoms with E-state index in [0.717, 1.165) is 67.7 Å². The van der Waals surface area contributed by atoms with Gasteiger partial charge in [-0.25, -0.2) is 9.78 Å². The van der Waals surface area contributed by atoms with Crippen LogP contribution in [-0.2, 0) is 16.1 Å². The van der Waals surface area contributed by atoms with Crippen LogP contribution in [0.5, 0.6) is 11.6 Å². The lowest BCUT2D eigenvalue weighted by molar-refractivity contribution is 0.0402. The minimum atomic E-state index is -0.539. The minimum Gasteiger partial charge on any atom is -0.489 e. The molecule has 222 valence electrons. The van der Waals surface area contributed by atoms with Crippen molar-refractivity contribution in [1.29, 1.82) is 0 Å². The molecule has 1 heterocycles. The van der Waals surface area contributed by atoms with Crippen LogP contribution in [0.4, 0.5) is 4.79 Å². The van der Waals surface area contributed by atoms with Crippen molar-refractivity contribution in [2.45, 2.75) is 96.0 Å². The van der Waals surface area contributed by atoms with Crippen LogP contribution in [0.25, 0.3) is 10.8 Å². The van der Waals surface area contributed by atoms with Gasteiger partial charge in [-0.15, -0.1) is 0 Å². The van der Waals surface area contributed by atoms with Gasteiger partial charge in [-0.05, 0) is 101 Å². The third-order valence-electron chi connectivity index (χ3n) is 7.43. The molecule has 0 radical (unpaired) electrons. The van der Waals surface area contributed by atoms with Crippen molar-refractivity contribution >= 4 is 28.5 Å². The number of halogens is 1. The lowest BCUT2D eigenvalue weighted by atomic mass is 9.80. The Kier molecular flexibility index (Phi) is 10.7. The van der Waals surface area contributed by atoms with Gasteiger partial charge in [0.15, 0.2) is 0 Å². The van der Waals surface area contributed by atoms with Crippen LogP contribution in [0.1, 0.15) is 77.7 Å². The van der Waals surface area contributed by atoms with Crippen LogP contribution in [0.15, 0.2) is 54.7 Å². The standard InChI is InChI=1S/C33H43ClN2O5/c1-32(2,3)41-31(37)36-33(18-10-20-38-4)16-8-13-26(14-9-17-33)40-29-21-25-15-19-35-30(27(25)22-28(29)34)39-23-24-11-6-5-7-12-24/h5-7,11-12,15,19,21-22,26H,8-10,13-14,16-18,20,23H2,1-4H3,(H,36,37). The van der Waals surface area contributed by atoms with Crippen LogP contribution in [-0.4, -0.2) is 42.0 Å². The van der Waals surface area contributed by atoms with Gasteiger partial charge in [-0.3, -0.25) is 0 Å². The zero-order valence-electron chi connectivity index (χ0n) is 24.7. The normalized spacial score (nSPS) is 19.7. The number of nitrogens with one attached hydrogen (secondary N) is 1. The van der Waals surface area contributed by atoms with Crippen molar-refractivity contribution in [3.05, 3.63) is 65.3 Å². The number of pyridine rings is 1. The Balaban J connectivity index is 1.41. The van der Waals surface area contributed by atoms with E-state index in [4.69, 9.17) is 30.5 Å². The fraction of sp³-hybridized carbons (Fsp3) is 0.515. The van der Waals surface area contributed by atoms with Crippen LogP contribution in [0.3, 0.4) is 0 Å². The molecule has 0 spiro atoms. The van der Waals surface area contributed by atoms with E-state index in [1.807, 2.05) is 69.3 Å². The molecule has 1 saturated carbocycles. The molecule has 1 amide bonds. The highest BCUT2D eigenvalue weighted by molar-refractivity contribution is 6.33. The molecule has 1 fully saturated rings. The SMILES string of the molecule is COCCCC1(NC(=O)OC(C)(C)C)CCCC(Oc2cc3ccnc(OCc4ccccc4)c3cc2Cl)CCC1. The molecule has 8 heteroatoms. The number of amides is 1. The molecule has 0 atom stereocenters. The highest BCUT2D eigenvalue weighted by atomic mass is 35.5. The Morgan fingerprint density at radius 2 is 1.83 bits per heavy atom. The van der Waals surface area contributed by atoms with E-state index in [1.165, 1.54) is 0 Å². The molecule has 2 aromatic carbocycles. The second kappa shape index (κ2) is 14.2. The molecule has 1 aliphatic carbocycles. The van der Waals surface area contributed by atoms with Crippen LogP contribution < -0.4 is 14.8 Å². The van der Waals surface area contributed by atoms with E-state index >= 15 is 0 Å². The number of carbonyl (C=O) groups is 1. The Hall–Kier alpha value is -3.03. The molecule has 1 aromatic heterocycles. The summed E-state index contributed by atoms with van der Waals surface area (Å²) in [5.74, 6) is 1.22. The fourth-order valence-corrected chi connectivity index (χ4v) is 5.70. The van der Waals surface area contributed by atoms with Gasteiger partial charge in [0.25, 0.3) is 0 Å². The number of fused-ring (bicyclic) bond motifs is 1. The van der Waals surface area contributed by atoms with Gasteiger partial charge in [-0.1, -0.05) is 41.9 Å². The molecule has 0 saturated heterocycles. The van der Waals surface area contributed by atoms with Crippen molar-refractivity contribution in [1.82, 2.24) is 10.3 Å². The van der Waals surface area contributed by atoms with Gasteiger partial charge in [0.05, 0.1) is 11.1 Å². The van der Waals surface area contributed by atoms with E-state index in [9.17, 15) is 4.79 Å². The van der Waals surface area contributed by atoms with Crippen molar-refractivity contribution in [2.75, 3.05) is 13.7 Å². The minimum absolute atomic E-state index is 0.0408. The van der Waals surface area contributed by atoms with Gasteiger partial charge in [-0.2, -0.15) is 0 Å². The smallest absolute Gasteiger partial charge is 0.408 e. The molecule has 1 aliphatic rings. The quantitative estimate of drug-likeness (QED) is 0.242. The third-order valence-corrected chi connectivity index (χ3v) is 7.72. The monoisotopic (exact) mass is 582 g/mol. The second-order valence-electron chi connectivity index (χ2n) is 11.9. The molecule has 3 aromatic rings. The average molecular weight is 583 g/mol. The first-order valence-electron chi connectivity index (χ1n) is 14.6. The predicted octanol–water partition coefficient (Wildman–Crippen LogP) is 8.26. The molecule has 0 unspecified atom stereocenters. The first-order valence-corrected chi connectivity index (χ1v) is 15.0. The summed E-state index contributed by atoms with van der Waals surface area (Å²) in [6.45, 7) is 6.75. The van der Waals surface area contributed by atoms with Crippen molar-refractivity contribution in [3.8, 4) is 11.6 Å². The Bertz CT molecular complexity index is 1270. The molecule has 1 N–H and O–H groups in total. The number of carbonyl (C=O) groups excluding carboxylic acids is 1. The number of rotatable bonds is 10. The van der Waals surface area contributed by atoms with Crippen LogP contribution in [0.2, 0.25) is 5.02 Å². The number of nitrogens with zero attached hydrogens (tertiary/aromatic N) is 1. The summed E-state index contributed by atoms with van der Waals surface area (Å²) in [7, 11) is 1.71. The average Bonchev–Trinajstić information content (AvgIpc) is 2.90. The summed E-state index contributed by atoms with van der Waals surface area (Å²) < 4.78 is 23.4. The number of methoxy groups -OCH3 is 1. The number of benzene rings is 2. The molecule has 0 aliphatic heterocycles. The van der Waals surface area contributed by atoms with E-state index in [0.29, 0.717) is 29.9 Å². The second-order valence-corrected chi connectivity index (χ2v) is 12.3. The van der Waals surface area contributed by atoms with E-state index in [2.05, 4.69) is 10.3 Å². The zero-order chi connectivity index (χ0) is 29.3. The number of ether oxygens (including phenoxy) is 4. The maximum Gasteiger partial charge on any atom is 0.408 e. The summed E-state index contributed by atoms with van der Waals surface area (Å²) in [4.78, 5) is 17.2. The summed E-state index contributed by atoms with van der Waals surface area (Å²) in [5, 5.41) is 5.60. The van der Waals surface area contributed by atoms with Gasteiger partial charge >= 0.3 is 6.09 Å². The highest BCUT2D eigenvalue weighted by Crippen LogP contribution is 2.37. The Morgan fingerprint density at radius 3 is 2.51 bits per heavy atom. The largest absolute Gasteiger partial charge is 0.489 e. The maximum atomic E-state index is 12.7. The van der Waals surface area contributed by atoms with Gasteiger partial charge in [0, 0.05) is 30.8 Å². The molecular weight excluding hydrogens is 540 g/mol. The van der Waals surface area contributed by atoms with Gasteiger partial charge < -0.3 is 24.3 Å². The predicted molar refractivity (Wildman–Crippen MR) is 163 cm³/mol. The van der Waals surface area contributed by atoms with E-state index in [-0.39, 0.29) is 17.7 Å². The number of hydrogen-bond acceptors (Lipinski definition) is 6. The Morgan fingerprint density at radius 1 is 1.10 bits per heavy atom. The molecule has 0 bridgehead atoms. The first kappa shape index (κ1) is 30.9. The Labute approximate surface area is 248 Å². The van der Waals surface area contributed by atoms with Gasteiger partial charge in [0.1, 0.15) is 18.0 Å². The summed E-state index contributed by atoms with van der Waals surface area (Å²) >= 11 is 6.73.